The number of carboxylic acids is 1. The van der Waals surface area contributed by atoms with Crippen LogP contribution >= 0.6 is 0 Å². The predicted molar refractivity (Wildman–Crippen MR) is 134 cm³/mol. The van der Waals surface area contributed by atoms with Gasteiger partial charge in [0.05, 0.1) is 18.6 Å². The van der Waals surface area contributed by atoms with Gasteiger partial charge in [-0.2, -0.15) is 13.2 Å². The lowest BCUT2D eigenvalue weighted by Crippen LogP contribution is -2.28. The summed E-state index contributed by atoms with van der Waals surface area (Å²) in [4.78, 5) is 21.5. The maximum atomic E-state index is 13.6. The number of aryl methyl sites for hydroxylation is 2. The molecule has 0 radical (unpaired) electrons. The minimum atomic E-state index is -4.46. The summed E-state index contributed by atoms with van der Waals surface area (Å²) < 4.78 is 48.4. The van der Waals surface area contributed by atoms with Gasteiger partial charge in [-0.3, -0.25) is 4.79 Å². The zero-order chi connectivity index (χ0) is 26.6. The van der Waals surface area contributed by atoms with E-state index in [1.165, 1.54) is 12.1 Å². The Morgan fingerprint density at radius 2 is 1.84 bits per heavy atom. The molecule has 0 aliphatic carbocycles. The lowest BCUT2D eigenvalue weighted by Gasteiger charge is -2.24. The fourth-order valence-corrected chi connectivity index (χ4v) is 4.23. The maximum absolute atomic E-state index is 13.6. The number of carboxylic acid groups (broad SMARTS) is 1. The molecule has 0 aliphatic heterocycles. The number of halogens is 3. The summed E-state index contributed by atoms with van der Waals surface area (Å²) in [5, 5.41) is 10.00. The number of hydrogen-bond acceptors (Lipinski definition) is 5. The number of hydrogen-bond donors (Lipinski definition) is 1. The number of nitrogens with zero attached hydrogens (tertiary/aromatic N) is 4. The van der Waals surface area contributed by atoms with E-state index in [-0.39, 0.29) is 18.5 Å². The third-order valence-corrected chi connectivity index (χ3v) is 5.96. The molecule has 0 bridgehead atoms. The molecule has 2 aromatic carbocycles. The highest BCUT2D eigenvalue weighted by molar-refractivity contribution is 5.88. The summed E-state index contributed by atoms with van der Waals surface area (Å²) in [6, 6.07) is 11.0. The van der Waals surface area contributed by atoms with Gasteiger partial charge in [-0.25, -0.2) is 9.97 Å². The fraction of sp³-hybridized carbons (Fsp3) is 0.296. The van der Waals surface area contributed by atoms with Crippen LogP contribution in [-0.4, -0.2) is 38.8 Å². The van der Waals surface area contributed by atoms with Crippen molar-refractivity contribution in [3.63, 3.8) is 0 Å². The fourth-order valence-electron chi connectivity index (χ4n) is 4.23. The second kappa shape index (κ2) is 10.9. The summed E-state index contributed by atoms with van der Waals surface area (Å²) in [7, 11) is 1.85. The average Bonchev–Trinajstić information content (AvgIpc) is 3.15. The molecular weight excluding hydrogens is 485 g/mol. The number of ether oxygens (including phenoxy) is 1. The average molecular weight is 513 g/mol. The minimum absolute atomic E-state index is 0.00668. The number of rotatable bonds is 10. The molecule has 0 aliphatic rings. The van der Waals surface area contributed by atoms with Crippen LogP contribution in [0.5, 0.6) is 5.75 Å². The zero-order valence-electron chi connectivity index (χ0n) is 20.5. The quantitative estimate of drug-likeness (QED) is 0.287. The summed E-state index contributed by atoms with van der Waals surface area (Å²) in [6.07, 6.45) is 0.998. The first kappa shape index (κ1) is 26.0. The number of aromatic nitrogens is 3. The second-order valence-corrected chi connectivity index (χ2v) is 8.85. The highest BCUT2D eigenvalue weighted by Gasteiger charge is 2.33. The van der Waals surface area contributed by atoms with E-state index in [1.807, 2.05) is 36.7 Å². The van der Waals surface area contributed by atoms with Gasteiger partial charge < -0.3 is 19.3 Å². The van der Waals surface area contributed by atoms with E-state index in [1.54, 1.807) is 29.6 Å². The molecule has 2 aromatic heterocycles. The molecule has 4 aromatic rings. The number of alkyl halides is 3. The van der Waals surface area contributed by atoms with Crippen molar-refractivity contribution in [3.8, 4) is 5.75 Å². The Labute approximate surface area is 212 Å². The smallest absolute Gasteiger partial charge is 0.416 e. The number of anilines is 1. The first-order valence-electron chi connectivity index (χ1n) is 11.7. The maximum Gasteiger partial charge on any atom is 0.416 e. The van der Waals surface area contributed by atoms with Gasteiger partial charge in [-0.1, -0.05) is 18.2 Å². The SMILES string of the molecule is Cc1cnc(N(CCCOc2ccc3c(c2)c(CC(=O)O)cn3C)Cc2ccccc2C(F)(F)F)nc1. The van der Waals surface area contributed by atoms with Crippen LogP contribution in [0.2, 0.25) is 0 Å². The molecule has 0 saturated heterocycles. The number of carbonyl (C=O) groups is 1. The first-order chi connectivity index (χ1) is 17.6. The van der Waals surface area contributed by atoms with Crippen molar-refractivity contribution in [3.05, 3.63) is 83.3 Å². The number of benzene rings is 2. The number of aliphatic carboxylic acids is 1. The Bertz CT molecular complexity index is 1380. The zero-order valence-corrected chi connectivity index (χ0v) is 20.5. The molecule has 10 heteroatoms. The molecule has 37 heavy (non-hydrogen) atoms. The molecule has 0 fully saturated rings. The second-order valence-electron chi connectivity index (χ2n) is 8.85. The van der Waals surface area contributed by atoms with Crippen molar-refractivity contribution in [2.45, 2.75) is 32.5 Å². The van der Waals surface area contributed by atoms with Gasteiger partial charge >= 0.3 is 12.1 Å². The largest absolute Gasteiger partial charge is 0.494 e. The highest BCUT2D eigenvalue weighted by atomic mass is 19.4. The first-order valence-corrected chi connectivity index (χ1v) is 11.7. The van der Waals surface area contributed by atoms with E-state index in [2.05, 4.69) is 9.97 Å². The van der Waals surface area contributed by atoms with Gasteiger partial charge in [0.25, 0.3) is 0 Å². The molecule has 0 saturated carbocycles. The topological polar surface area (TPSA) is 80.5 Å². The van der Waals surface area contributed by atoms with Crippen LogP contribution in [0.25, 0.3) is 10.9 Å². The van der Waals surface area contributed by atoms with E-state index in [9.17, 15) is 23.1 Å². The normalized spacial score (nSPS) is 11.6. The van der Waals surface area contributed by atoms with Crippen molar-refractivity contribution >= 4 is 22.8 Å². The molecule has 4 rings (SSSR count). The van der Waals surface area contributed by atoms with Crippen LogP contribution in [0, 0.1) is 6.92 Å². The van der Waals surface area contributed by atoms with Crippen molar-refractivity contribution in [2.24, 2.45) is 7.05 Å². The van der Waals surface area contributed by atoms with Crippen molar-refractivity contribution < 1.29 is 27.8 Å². The molecule has 0 atom stereocenters. The molecule has 7 nitrogen and oxygen atoms in total. The minimum Gasteiger partial charge on any atom is -0.494 e. The van der Waals surface area contributed by atoms with E-state index in [0.29, 0.717) is 36.8 Å². The summed E-state index contributed by atoms with van der Waals surface area (Å²) in [5.74, 6) is 0.0156. The monoisotopic (exact) mass is 512 g/mol. The number of fused-ring (bicyclic) bond motifs is 1. The molecule has 0 amide bonds. The van der Waals surface area contributed by atoms with E-state index < -0.39 is 17.7 Å². The van der Waals surface area contributed by atoms with Crippen molar-refractivity contribution in [2.75, 3.05) is 18.1 Å². The highest BCUT2D eigenvalue weighted by Crippen LogP contribution is 2.33. The predicted octanol–water partition coefficient (Wildman–Crippen LogP) is 5.40. The third kappa shape index (κ3) is 6.38. The van der Waals surface area contributed by atoms with Crippen LogP contribution < -0.4 is 9.64 Å². The van der Waals surface area contributed by atoms with Gasteiger partial charge in [0.1, 0.15) is 5.75 Å². The standard InChI is InChI=1S/C27H27F3N4O3/c1-18-14-31-26(32-15-18)34(17-19-6-3-4-7-23(19)27(28,29)30)10-5-11-37-21-8-9-24-22(13-21)20(12-25(35)36)16-33(24)2/h3-4,6-9,13-16H,5,10-12,17H2,1-2H3,(H,35,36). The van der Waals surface area contributed by atoms with Crippen LogP contribution in [0.15, 0.2) is 61.1 Å². The van der Waals surface area contributed by atoms with Gasteiger partial charge in [0.2, 0.25) is 5.95 Å². The third-order valence-electron chi connectivity index (χ3n) is 5.96. The summed E-state index contributed by atoms with van der Waals surface area (Å²) >= 11 is 0. The van der Waals surface area contributed by atoms with Crippen LogP contribution in [0.1, 0.15) is 28.7 Å². The molecule has 1 N–H and O–H groups in total. The van der Waals surface area contributed by atoms with E-state index in [4.69, 9.17) is 4.74 Å². The Hall–Kier alpha value is -4.08. The van der Waals surface area contributed by atoms with Gasteiger partial charge in [0.15, 0.2) is 0 Å². The van der Waals surface area contributed by atoms with Gasteiger partial charge in [-0.15, -0.1) is 0 Å². The molecule has 2 heterocycles. The van der Waals surface area contributed by atoms with Gasteiger partial charge in [-0.05, 0) is 54.3 Å². The summed E-state index contributed by atoms with van der Waals surface area (Å²) in [6.45, 7) is 2.50. The van der Waals surface area contributed by atoms with Crippen LogP contribution in [0.4, 0.5) is 19.1 Å². The van der Waals surface area contributed by atoms with Crippen molar-refractivity contribution in [1.29, 1.82) is 0 Å². The molecular formula is C27H27F3N4O3. The van der Waals surface area contributed by atoms with Crippen LogP contribution in [-0.2, 0) is 31.0 Å². The van der Waals surface area contributed by atoms with Crippen molar-refractivity contribution in [1.82, 2.24) is 14.5 Å². The lowest BCUT2D eigenvalue weighted by atomic mass is 10.1. The van der Waals surface area contributed by atoms with E-state index >= 15 is 0 Å². The Kier molecular flexibility index (Phi) is 7.66. The lowest BCUT2D eigenvalue weighted by molar-refractivity contribution is -0.138. The van der Waals surface area contributed by atoms with Crippen LogP contribution in [0.3, 0.4) is 0 Å². The molecule has 194 valence electrons. The van der Waals surface area contributed by atoms with E-state index in [0.717, 1.165) is 22.5 Å². The van der Waals surface area contributed by atoms with Gasteiger partial charge in [0, 0.05) is 49.6 Å². The Morgan fingerprint density at radius 1 is 1.11 bits per heavy atom. The Morgan fingerprint density at radius 3 is 2.54 bits per heavy atom. The molecule has 0 spiro atoms. The Balaban J connectivity index is 1.47. The summed E-state index contributed by atoms with van der Waals surface area (Å²) in [5.41, 5.74) is 1.90. The molecule has 0 unspecified atom stereocenters.